The third-order valence-electron chi connectivity index (χ3n) is 2.00. The average Bonchev–Trinajstić information content (AvgIpc) is 2.12. The lowest BCUT2D eigenvalue weighted by molar-refractivity contribution is -0.137. The van der Waals surface area contributed by atoms with E-state index < -0.39 is 17.6 Å². The topological polar surface area (TPSA) is 12.0 Å². The second-order valence-corrected chi connectivity index (χ2v) is 3.88. The highest BCUT2D eigenvalue weighted by atomic mass is 19.4. The average molecular weight is 235 g/mol. The SMILES string of the molecule is CC(C)NCc1cc(F)cc(C(F)(F)F)c1. The smallest absolute Gasteiger partial charge is 0.310 e. The zero-order valence-corrected chi connectivity index (χ0v) is 9.03. The molecule has 0 radical (unpaired) electrons. The van der Waals surface area contributed by atoms with Gasteiger partial charge >= 0.3 is 6.18 Å². The first-order valence-corrected chi connectivity index (χ1v) is 4.89. The molecule has 1 nitrogen and oxygen atoms in total. The van der Waals surface area contributed by atoms with Gasteiger partial charge in [-0.1, -0.05) is 13.8 Å². The highest BCUT2D eigenvalue weighted by Crippen LogP contribution is 2.30. The van der Waals surface area contributed by atoms with Crippen molar-refractivity contribution >= 4 is 0 Å². The Morgan fingerprint density at radius 3 is 2.31 bits per heavy atom. The highest BCUT2D eigenvalue weighted by molar-refractivity contribution is 5.26. The third kappa shape index (κ3) is 3.81. The molecule has 16 heavy (non-hydrogen) atoms. The van der Waals surface area contributed by atoms with Crippen LogP contribution in [0.3, 0.4) is 0 Å². The number of halogens is 4. The van der Waals surface area contributed by atoms with E-state index in [0.29, 0.717) is 11.6 Å². The lowest BCUT2D eigenvalue weighted by Gasteiger charge is -2.11. The molecule has 0 unspecified atom stereocenters. The van der Waals surface area contributed by atoms with Crippen LogP contribution < -0.4 is 5.32 Å². The number of nitrogens with one attached hydrogen (secondary N) is 1. The van der Waals surface area contributed by atoms with Crippen LogP contribution in [0.5, 0.6) is 0 Å². The van der Waals surface area contributed by atoms with Crippen LogP contribution in [0.1, 0.15) is 25.0 Å². The van der Waals surface area contributed by atoms with Gasteiger partial charge in [0.2, 0.25) is 0 Å². The van der Waals surface area contributed by atoms with Crippen molar-refractivity contribution in [3.05, 3.63) is 35.1 Å². The standard InChI is InChI=1S/C11H13F4N/c1-7(2)16-6-8-3-9(11(13,14)15)5-10(12)4-8/h3-5,7,16H,6H2,1-2H3. The van der Waals surface area contributed by atoms with E-state index in [4.69, 9.17) is 0 Å². The van der Waals surface area contributed by atoms with Gasteiger partial charge in [0.25, 0.3) is 0 Å². The molecule has 0 amide bonds. The first-order valence-electron chi connectivity index (χ1n) is 4.89. The molecule has 0 aliphatic carbocycles. The van der Waals surface area contributed by atoms with Crippen LogP contribution in [0.15, 0.2) is 18.2 Å². The predicted molar refractivity (Wildman–Crippen MR) is 53.4 cm³/mol. The Bertz CT molecular complexity index is 357. The fraction of sp³-hybridized carbons (Fsp3) is 0.455. The number of rotatable bonds is 3. The molecule has 0 aliphatic rings. The molecule has 1 aromatic rings. The summed E-state index contributed by atoms with van der Waals surface area (Å²) in [7, 11) is 0. The van der Waals surface area contributed by atoms with Crippen molar-refractivity contribution in [3.63, 3.8) is 0 Å². The lowest BCUT2D eigenvalue weighted by Crippen LogP contribution is -2.22. The van der Waals surface area contributed by atoms with E-state index in [2.05, 4.69) is 5.32 Å². The molecular weight excluding hydrogens is 222 g/mol. The molecule has 0 aliphatic heterocycles. The van der Waals surface area contributed by atoms with Gasteiger partial charge in [0.15, 0.2) is 0 Å². The van der Waals surface area contributed by atoms with Crippen molar-refractivity contribution in [1.82, 2.24) is 5.32 Å². The van der Waals surface area contributed by atoms with E-state index in [1.807, 2.05) is 13.8 Å². The van der Waals surface area contributed by atoms with Gasteiger partial charge in [-0.15, -0.1) is 0 Å². The van der Waals surface area contributed by atoms with Crippen LogP contribution in [0.2, 0.25) is 0 Å². The molecule has 5 heteroatoms. The second-order valence-electron chi connectivity index (χ2n) is 3.88. The van der Waals surface area contributed by atoms with Gasteiger partial charge in [-0.05, 0) is 23.8 Å². The summed E-state index contributed by atoms with van der Waals surface area (Å²) in [6, 6.07) is 2.69. The van der Waals surface area contributed by atoms with Crippen LogP contribution >= 0.6 is 0 Å². The number of alkyl halides is 3. The zero-order valence-electron chi connectivity index (χ0n) is 9.03. The fourth-order valence-corrected chi connectivity index (χ4v) is 1.24. The molecule has 0 aromatic heterocycles. The summed E-state index contributed by atoms with van der Waals surface area (Å²) < 4.78 is 50.0. The molecule has 1 rings (SSSR count). The summed E-state index contributed by atoms with van der Waals surface area (Å²) in [6.45, 7) is 3.95. The maximum atomic E-state index is 13.0. The monoisotopic (exact) mass is 235 g/mol. The maximum absolute atomic E-state index is 13.0. The zero-order chi connectivity index (χ0) is 12.3. The van der Waals surface area contributed by atoms with Crippen LogP contribution in [-0.4, -0.2) is 6.04 Å². The van der Waals surface area contributed by atoms with E-state index in [-0.39, 0.29) is 12.6 Å². The Kier molecular flexibility index (Phi) is 3.91. The summed E-state index contributed by atoms with van der Waals surface area (Å²) in [5.74, 6) is -0.865. The van der Waals surface area contributed by atoms with Gasteiger partial charge in [-0.3, -0.25) is 0 Å². The first kappa shape index (κ1) is 13.0. The van der Waals surface area contributed by atoms with Crippen LogP contribution in [0.4, 0.5) is 17.6 Å². The molecular formula is C11H13F4N. The van der Waals surface area contributed by atoms with E-state index in [1.165, 1.54) is 0 Å². The number of hydrogen-bond donors (Lipinski definition) is 1. The Labute approximate surface area is 91.5 Å². The van der Waals surface area contributed by atoms with Gasteiger partial charge in [0.05, 0.1) is 5.56 Å². The summed E-state index contributed by atoms with van der Waals surface area (Å²) in [5.41, 5.74) is -0.658. The Hall–Kier alpha value is -1.10. The fourth-order valence-electron chi connectivity index (χ4n) is 1.24. The van der Waals surface area contributed by atoms with Crippen molar-refractivity contribution in [3.8, 4) is 0 Å². The maximum Gasteiger partial charge on any atom is 0.416 e. The lowest BCUT2D eigenvalue weighted by atomic mass is 10.1. The second kappa shape index (κ2) is 4.82. The first-order chi connectivity index (χ1) is 7.29. The van der Waals surface area contributed by atoms with Crippen LogP contribution in [0.25, 0.3) is 0 Å². The predicted octanol–water partition coefficient (Wildman–Crippen LogP) is 3.34. The molecule has 0 heterocycles. The number of hydrogen-bond acceptors (Lipinski definition) is 1. The summed E-state index contributed by atoms with van der Waals surface area (Å²) in [6.07, 6.45) is -4.51. The van der Waals surface area contributed by atoms with Gasteiger partial charge in [-0.25, -0.2) is 4.39 Å². The molecule has 0 bridgehead atoms. The molecule has 0 saturated heterocycles. The van der Waals surface area contributed by atoms with Crippen molar-refractivity contribution in [2.24, 2.45) is 0 Å². The van der Waals surface area contributed by atoms with Crippen molar-refractivity contribution in [2.45, 2.75) is 32.6 Å². The van der Waals surface area contributed by atoms with Crippen molar-refractivity contribution in [2.75, 3.05) is 0 Å². The van der Waals surface area contributed by atoms with E-state index in [0.717, 1.165) is 12.1 Å². The van der Waals surface area contributed by atoms with E-state index in [9.17, 15) is 17.6 Å². The largest absolute Gasteiger partial charge is 0.416 e. The molecule has 0 fully saturated rings. The normalized spacial score (nSPS) is 12.2. The molecule has 1 N–H and O–H groups in total. The van der Waals surface area contributed by atoms with Crippen LogP contribution in [-0.2, 0) is 12.7 Å². The highest BCUT2D eigenvalue weighted by Gasteiger charge is 2.31. The number of benzene rings is 1. The van der Waals surface area contributed by atoms with Gasteiger partial charge in [0, 0.05) is 12.6 Å². The minimum absolute atomic E-state index is 0.137. The quantitative estimate of drug-likeness (QED) is 0.792. The Balaban J connectivity index is 2.90. The molecule has 90 valence electrons. The Morgan fingerprint density at radius 2 is 1.81 bits per heavy atom. The molecule has 1 aromatic carbocycles. The van der Waals surface area contributed by atoms with Gasteiger partial charge < -0.3 is 5.32 Å². The van der Waals surface area contributed by atoms with E-state index >= 15 is 0 Å². The summed E-state index contributed by atoms with van der Waals surface area (Å²) in [4.78, 5) is 0. The van der Waals surface area contributed by atoms with Crippen molar-refractivity contribution in [1.29, 1.82) is 0 Å². The minimum atomic E-state index is -4.51. The third-order valence-corrected chi connectivity index (χ3v) is 2.00. The molecule has 0 atom stereocenters. The Morgan fingerprint density at radius 1 is 1.19 bits per heavy atom. The van der Waals surface area contributed by atoms with Crippen molar-refractivity contribution < 1.29 is 17.6 Å². The summed E-state index contributed by atoms with van der Waals surface area (Å²) >= 11 is 0. The van der Waals surface area contributed by atoms with Gasteiger partial charge in [0.1, 0.15) is 5.82 Å². The molecule has 0 spiro atoms. The van der Waals surface area contributed by atoms with E-state index in [1.54, 1.807) is 0 Å². The van der Waals surface area contributed by atoms with Gasteiger partial charge in [-0.2, -0.15) is 13.2 Å². The molecule has 0 saturated carbocycles. The summed E-state index contributed by atoms with van der Waals surface area (Å²) in [5, 5.41) is 2.93. The van der Waals surface area contributed by atoms with Crippen LogP contribution in [0, 0.1) is 5.82 Å². The minimum Gasteiger partial charge on any atom is -0.310 e.